The topological polar surface area (TPSA) is 37.4 Å². The monoisotopic (exact) mass is 333 g/mol. The van der Waals surface area contributed by atoms with Crippen molar-refractivity contribution in [1.82, 2.24) is 0 Å². The summed E-state index contributed by atoms with van der Waals surface area (Å²) in [6.07, 6.45) is 2.56. The Kier molecular flexibility index (Phi) is 3.95. The van der Waals surface area contributed by atoms with Gasteiger partial charge in [0, 0.05) is 0 Å². The quantitative estimate of drug-likeness (QED) is 0.765. The van der Waals surface area contributed by atoms with Crippen molar-refractivity contribution in [2.45, 2.75) is 39.0 Å². The average Bonchev–Trinajstić information content (AvgIpc) is 2.88. The van der Waals surface area contributed by atoms with Crippen LogP contribution < -0.4 is 4.90 Å². The number of carbonyl (C=O) groups excluding carboxylic acids is 2. The zero-order chi connectivity index (χ0) is 17.6. The fourth-order valence-corrected chi connectivity index (χ4v) is 4.41. The lowest BCUT2D eigenvalue weighted by molar-refractivity contribution is -0.122. The molecule has 3 heteroatoms. The molecule has 0 bridgehead atoms. The van der Waals surface area contributed by atoms with Crippen LogP contribution in [0.1, 0.15) is 41.9 Å². The lowest BCUT2D eigenvalue weighted by Crippen LogP contribution is -2.31. The van der Waals surface area contributed by atoms with E-state index in [-0.39, 0.29) is 23.7 Å². The van der Waals surface area contributed by atoms with E-state index >= 15 is 0 Å². The number of nitrogens with zero attached hydrogens (tertiary/aromatic N) is 1. The summed E-state index contributed by atoms with van der Waals surface area (Å²) in [5.74, 6) is 0.0380. The maximum absolute atomic E-state index is 13.1. The minimum Gasteiger partial charge on any atom is -0.274 e. The van der Waals surface area contributed by atoms with E-state index in [9.17, 15) is 9.59 Å². The zero-order valence-corrected chi connectivity index (χ0v) is 14.7. The van der Waals surface area contributed by atoms with Gasteiger partial charge < -0.3 is 0 Å². The Balaban J connectivity index is 1.64. The van der Waals surface area contributed by atoms with E-state index in [2.05, 4.69) is 12.1 Å². The van der Waals surface area contributed by atoms with Crippen LogP contribution in [0.2, 0.25) is 0 Å². The molecule has 2 aliphatic rings. The number of amides is 2. The summed E-state index contributed by atoms with van der Waals surface area (Å²) in [4.78, 5) is 27.5. The molecular formula is C22H23NO2. The number of benzene rings is 2. The molecule has 3 nitrogen and oxygen atoms in total. The summed E-state index contributed by atoms with van der Waals surface area (Å²) in [5, 5.41) is 0. The van der Waals surface area contributed by atoms with Crippen LogP contribution in [0.15, 0.2) is 48.5 Å². The first-order valence-corrected chi connectivity index (χ1v) is 9.06. The van der Waals surface area contributed by atoms with Crippen molar-refractivity contribution in [1.29, 1.82) is 0 Å². The van der Waals surface area contributed by atoms with Crippen molar-refractivity contribution >= 4 is 17.5 Å². The van der Waals surface area contributed by atoms with Crippen molar-refractivity contribution in [2.24, 2.45) is 11.8 Å². The fourth-order valence-electron chi connectivity index (χ4n) is 4.41. The SMILES string of the molecule is Cc1ccc(C)c(N2C(=O)[C@H]3C[C@H](c4ccccc4)CC[C@H]3C2=O)c1. The maximum atomic E-state index is 13.1. The smallest absolute Gasteiger partial charge is 0.237 e. The molecule has 1 aliphatic heterocycles. The van der Waals surface area contributed by atoms with Gasteiger partial charge in [-0.25, -0.2) is 4.90 Å². The molecule has 2 aromatic rings. The van der Waals surface area contributed by atoms with E-state index in [4.69, 9.17) is 0 Å². The highest BCUT2D eigenvalue weighted by atomic mass is 16.2. The van der Waals surface area contributed by atoms with Gasteiger partial charge in [-0.1, -0.05) is 42.5 Å². The Hall–Kier alpha value is -2.42. The second-order valence-corrected chi connectivity index (χ2v) is 7.44. The van der Waals surface area contributed by atoms with Crippen molar-refractivity contribution in [3.8, 4) is 0 Å². The van der Waals surface area contributed by atoms with Crippen LogP contribution in [-0.4, -0.2) is 11.8 Å². The van der Waals surface area contributed by atoms with Gasteiger partial charge in [-0.2, -0.15) is 0 Å². The van der Waals surface area contributed by atoms with Gasteiger partial charge in [-0.3, -0.25) is 9.59 Å². The first-order valence-electron chi connectivity index (χ1n) is 9.06. The van der Waals surface area contributed by atoms with Crippen LogP contribution in [0.5, 0.6) is 0 Å². The number of carbonyl (C=O) groups is 2. The van der Waals surface area contributed by atoms with E-state index in [1.807, 2.05) is 50.2 Å². The molecule has 0 spiro atoms. The second kappa shape index (κ2) is 6.14. The number of fused-ring (bicyclic) bond motifs is 1. The number of hydrogen-bond donors (Lipinski definition) is 0. The number of imide groups is 1. The van der Waals surface area contributed by atoms with Gasteiger partial charge in [0.1, 0.15) is 0 Å². The average molecular weight is 333 g/mol. The molecule has 1 heterocycles. The fraction of sp³-hybridized carbons (Fsp3) is 0.364. The first kappa shape index (κ1) is 16.1. The van der Waals surface area contributed by atoms with Crippen LogP contribution >= 0.6 is 0 Å². The molecule has 1 aliphatic carbocycles. The number of rotatable bonds is 2. The van der Waals surface area contributed by atoms with E-state index < -0.39 is 0 Å². The highest BCUT2D eigenvalue weighted by molar-refractivity contribution is 6.22. The van der Waals surface area contributed by atoms with Gasteiger partial charge in [-0.05, 0) is 61.8 Å². The maximum Gasteiger partial charge on any atom is 0.237 e. The van der Waals surface area contributed by atoms with Gasteiger partial charge in [0.2, 0.25) is 11.8 Å². The molecule has 1 saturated carbocycles. The van der Waals surface area contributed by atoms with E-state index in [1.165, 1.54) is 10.5 Å². The molecule has 25 heavy (non-hydrogen) atoms. The third-order valence-electron chi connectivity index (χ3n) is 5.80. The molecular weight excluding hydrogens is 310 g/mol. The summed E-state index contributed by atoms with van der Waals surface area (Å²) < 4.78 is 0. The Morgan fingerprint density at radius 2 is 1.60 bits per heavy atom. The third kappa shape index (κ3) is 2.68. The van der Waals surface area contributed by atoms with E-state index in [0.717, 1.165) is 36.1 Å². The summed E-state index contributed by atoms with van der Waals surface area (Å²) in [5.41, 5.74) is 4.09. The molecule has 2 aromatic carbocycles. The molecule has 3 atom stereocenters. The molecule has 128 valence electrons. The first-order chi connectivity index (χ1) is 12.1. The highest BCUT2D eigenvalue weighted by Crippen LogP contribution is 2.46. The van der Waals surface area contributed by atoms with Crippen molar-refractivity contribution in [3.05, 3.63) is 65.2 Å². The van der Waals surface area contributed by atoms with Crippen molar-refractivity contribution in [2.75, 3.05) is 4.90 Å². The Labute approximate surface area is 148 Å². The van der Waals surface area contributed by atoms with Gasteiger partial charge in [0.25, 0.3) is 0 Å². The van der Waals surface area contributed by atoms with Crippen molar-refractivity contribution < 1.29 is 9.59 Å². The van der Waals surface area contributed by atoms with E-state index in [1.54, 1.807) is 0 Å². The highest BCUT2D eigenvalue weighted by Gasteiger charge is 2.50. The lowest BCUT2D eigenvalue weighted by atomic mass is 9.73. The molecule has 0 radical (unpaired) electrons. The van der Waals surface area contributed by atoms with Crippen LogP contribution in [-0.2, 0) is 9.59 Å². The molecule has 0 aromatic heterocycles. The number of aryl methyl sites for hydroxylation is 2. The van der Waals surface area contributed by atoms with E-state index in [0.29, 0.717) is 5.92 Å². The normalized spacial score (nSPS) is 26.0. The minimum atomic E-state index is -0.175. The third-order valence-corrected chi connectivity index (χ3v) is 5.80. The number of anilines is 1. The summed E-state index contributed by atoms with van der Waals surface area (Å²) >= 11 is 0. The Morgan fingerprint density at radius 1 is 0.880 bits per heavy atom. The van der Waals surface area contributed by atoms with Crippen LogP contribution in [0.4, 0.5) is 5.69 Å². The van der Waals surface area contributed by atoms with Crippen LogP contribution in [0.3, 0.4) is 0 Å². The Morgan fingerprint density at radius 3 is 2.36 bits per heavy atom. The molecule has 2 fully saturated rings. The van der Waals surface area contributed by atoms with Crippen LogP contribution in [0, 0.1) is 25.7 Å². The standard InChI is InChI=1S/C22H23NO2/c1-14-8-9-15(2)20(12-14)23-21(24)18-11-10-17(13-19(18)22(23)25)16-6-4-3-5-7-16/h3-9,12,17-19H,10-11,13H2,1-2H3/t17-,18-,19+/m1/s1. The van der Waals surface area contributed by atoms with Gasteiger partial charge >= 0.3 is 0 Å². The summed E-state index contributed by atoms with van der Waals surface area (Å²) in [7, 11) is 0. The predicted octanol–water partition coefficient (Wildman–Crippen LogP) is 4.38. The predicted molar refractivity (Wildman–Crippen MR) is 98.4 cm³/mol. The molecule has 2 amide bonds. The zero-order valence-electron chi connectivity index (χ0n) is 14.7. The number of hydrogen-bond acceptors (Lipinski definition) is 2. The molecule has 0 unspecified atom stereocenters. The molecule has 0 N–H and O–H groups in total. The molecule has 1 saturated heterocycles. The minimum absolute atomic E-state index is 0.00443. The van der Waals surface area contributed by atoms with Gasteiger partial charge in [0.05, 0.1) is 17.5 Å². The Bertz CT molecular complexity index is 827. The van der Waals surface area contributed by atoms with Crippen LogP contribution in [0.25, 0.3) is 0 Å². The van der Waals surface area contributed by atoms with Gasteiger partial charge in [-0.15, -0.1) is 0 Å². The second-order valence-electron chi connectivity index (χ2n) is 7.44. The van der Waals surface area contributed by atoms with Gasteiger partial charge in [0.15, 0.2) is 0 Å². The molecule has 4 rings (SSSR count). The summed E-state index contributed by atoms with van der Waals surface area (Å²) in [6, 6.07) is 16.3. The lowest BCUT2D eigenvalue weighted by Gasteiger charge is -2.28. The van der Waals surface area contributed by atoms with Crippen molar-refractivity contribution in [3.63, 3.8) is 0 Å². The summed E-state index contributed by atoms with van der Waals surface area (Å²) in [6.45, 7) is 3.95. The largest absolute Gasteiger partial charge is 0.274 e.